The summed E-state index contributed by atoms with van der Waals surface area (Å²) in [6.07, 6.45) is 7.11. The van der Waals surface area contributed by atoms with E-state index < -0.39 is 0 Å². The Kier molecular flexibility index (Phi) is 7.60. The van der Waals surface area contributed by atoms with Gasteiger partial charge in [-0.3, -0.25) is 19.1 Å². The van der Waals surface area contributed by atoms with Crippen molar-refractivity contribution in [3.05, 3.63) is 31.9 Å². The number of nitriles is 1. The van der Waals surface area contributed by atoms with E-state index in [2.05, 4.69) is 11.0 Å². The minimum atomic E-state index is -0.243. The van der Waals surface area contributed by atoms with Gasteiger partial charge in [0.15, 0.2) is 0 Å². The Bertz CT molecular complexity index is 1010. The van der Waals surface area contributed by atoms with Crippen molar-refractivity contribution >= 4 is 46.1 Å². The molecule has 3 heterocycles. The zero-order chi connectivity index (χ0) is 22.7. The predicted molar refractivity (Wildman–Crippen MR) is 131 cm³/mol. The lowest BCUT2D eigenvalue weighted by atomic mass is 10.0. The average Bonchev–Trinajstić information content (AvgIpc) is 2.89. The van der Waals surface area contributed by atoms with Crippen LogP contribution in [0.3, 0.4) is 0 Å². The summed E-state index contributed by atoms with van der Waals surface area (Å²) < 4.78 is 2.29. The van der Waals surface area contributed by atoms with Crippen LogP contribution in [0.4, 0.5) is 5.82 Å². The number of anilines is 1. The number of carbonyl (C=O) groups is 1. The first-order chi connectivity index (χ1) is 14.8. The van der Waals surface area contributed by atoms with Crippen LogP contribution >= 0.6 is 24.0 Å². The van der Waals surface area contributed by atoms with Gasteiger partial charge >= 0.3 is 0 Å². The minimum Gasteiger partial charge on any atom is -0.357 e. The number of thioether (sulfide) groups is 1. The maximum atomic E-state index is 13.2. The number of amides is 1. The minimum absolute atomic E-state index is 0.0201. The third kappa shape index (κ3) is 4.58. The van der Waals surface area contributed by atoms with Crippen LogP contribution in [0.2, 0.25) is 0 Å². The molecule has 31 heavy (non-hydrogen) atoms. The van der Waals surface area contributed by atoms with Gasteiger partial charge in [-0.05, 0) is 51.7 Å². The normalized spacial score (nSPS) is 18.8. The maximum Gasteiger partial charge on any atom is 0.270 e. The first kappa shape index (κ1) is 23.6. The van der Waals surface area contributed by atoms with Crippen molar-refractivity contribution in [1.82, 2.24) is 9.47 Å². The molecule has 0 unspecified atom stereocenters. The van der Waals surface area contributed by atoms with Crippen LogP contribution in [-0.4, -0.2) is 38.8 Å². The van der Waals surface area contributed by atoms with Crippen LogP contribution in [0, 0.1) is 18.3 Å². The topological polar surface area (TPSA) is 69.3 Å². The van der Waals surface area contributed by atoms with Gasteiger partial charge in [-0.15, -0.1) is 0 Å². The van der Waals surface area contributed by atoms with Gasteiger partial charge in [-0.25, -0.2) is 0 Å². The van der Waals surface area contributed by atoms with E-state index in [1.54, 1.807) is 9.47 Å². The fourth-order valence-corrected chi connectivity index (χ4v) is 5.76. The van der Waals surface area contributed by atoms with Crippen molar-refractivity contribution in [2.24, 2.45) is 0 Å². The van der Waals surface area contributed by atoms with Crippen LogP contribution in [0.25, 0.3) is 6.08 Å². The third-order valence-corrected chi connectivity index (χ3v) is 7.14. The highest BCUT2D eigenvalue weighted by Crippen LogP contribution is 2.37. The molecule has 0 N–H and O–H groups in total. The highest BCUT2D eigenvalue weighted by Gasteiger charge is 2.34. The number of nitrogens with zero attached hydrogens (tertiary/aromatic N) is 4. The highest BCUT2D eigenvalue weighted by atomic mass is 32.2. The monoisotopic (exact) mass is 458 g/mol. The standard InChI is InChI=1S/C23H30N4O2S2/c1-5-10-26-20(25-11-8-6-7-9-12-25)17(16(4)18(14-24)21(26)28)13-19-22(29)27(15(2)3)23(30)31-19/h13,15H,5-12H2,1-4H3/b19-13+. The maximum absolute atomic E-state index is 13.2. The predicted octanol–water partition coefficient (Wildman–Crippen LogP) is 4.43. The second-order valence-corrected chi connectivity index (χ2v) is 10.0. The Morgan fingerprint density at radius 2 is 1.84 bits per heavy atom. The van der Waals surface area contributed by atoms with Crippen LogP contribution in [0.5, 0.6) is 0 Å². The largest absolute Gasteiger partial charge is 0.357 e. The van der Waals surface area contributed by atoms with Gasteiger partial charge in [0, 0.05) is 31.2 Å². The van der Waals surface area contributed by atoms with Crippen LogP contribution in [-0.2, 0) is 11.3 Å². The van der Waals surface area contributed by atoms with Crippen molar-refractivity contribution in [3.63, 3.8) is 0 Å². The summed E-state index contributed by atoms with van der Waals surface area (Å²) in [6, 6.07) is 2.09. The second-order valence-electron chi connectivity index (χ2n) is 8.35. The Hall–Kier alpha value is -2.11. The van der Waals surface area contributed by atoms with Crippen LogP contribution < -0.4 is 10.5 Å². The van der Waals surface area contributed by atoms with Gasteiger partial charge in [0.1, 0.15) is 21.8 Å². The molecule has 0 radical (unpaired) electrons. The number of hydrogen-bond acceptors (Lipinski definition) is 6. The molecule has 0 aliphatic carbocycles. The van der Waals surface area contributed by atoms with E-state index in [0.717, 1.165) is 43.7 Å². The molecule has 2 saturated heterocycles. The lowest BCUT2D eigenvalue weighted by Crippen LogP contribution is -2.35. The first-order valence-electron chi connectivity index (χ1n) is 11.0. The summed E-state index contributed by atoms with van der Waals surface area (Å²) >= 11 is 6.73. The van der Waals surface area contributed by atoms with Gasteiger partial charge in [0.25, 0.3) is 11.5 Å². The average molecular weight is 459 g/mol. The number of rotatable bonds is 5. The van der Waals surface area contributed by atoms with E-state index in [1.807, 2.05) is 33.8 Å². The highest BCUT2D eigenvalue weighted by molar-refractivity contribution is 8.26. The molecule has 6 nitrogen and oxygen atoms in total. The number of aromatic nitrogens is 1. The van der Waals surface area contributed by atoms with Crippen molar-refractivity contribution < 1.29 is 4.79 Å². The van der Waals surface area contributed by atoms with Crippen molar-refractivity contribution in [2.45, 2.75) is 72.4 Å². The summed E-state index contributed by atoms with van der Waals surface area (Å²) in [6.45, 7) is 9.98. The molecular formula is C23H30N4O2S2. The second kappa shape index (κ2) is 10.0. The van der Waals surface area contributed by atoms with Gasteiger partial charge in [-0.2, -0.15) is 5.26 Å². The fourth-order valence-electron chi connectivity index (χ4n) is 4.25. The smallest absolute Gasteiger partial charge is 0.270 e. The van der Waals surface area contributed by atoms with Crippen LogP contribution in [0.15, 0.2) is 9.70 Å². The van der Waals surface area contributed by atoms with E-state index in [-0.39, 0.29) is 23.1 Å². The first-order valence-corrected chi connectivity index (χ1v) is 12.2. The Morgan fingerprint density at radius 1 is 1.19 bits per heavy atom. The zero-order valence-electron chi connectivity index (χ0n) is 18.7. The lowest BCUT2D eigenvalue weighted by Gasteiger charge is -2.29. The van der Waals surface area contributed by atoms with Crippen molar-refractivity contribution in [2.75, 3.05) is 18.0 Å². The molecule has 0 bridgehead atoms. The summed E-state index contributed by atoms with van der Waals surface area (Å²) in [5, 5.41) is 9.73. The van der Waals surface area contributed by atoms with E-state index in [4.69, 9.17) is 12.2 Å². The molecule has 1 aromatic rings. The molecule has 2 aliphatic heterocycles. The molecule has 0 atom stereocenters. The lowest BCUT2D eigenvalue weighted by molar-refractivity contribution is -0.123. The third-order valence-electron chi connectivity index (χ3n) is 5.81. The van der Waals surface area contributed by atoms with Crippen molar-refractivity contribution in [1.29, 1.82) is 5.26 Å². The molecule has 2 aliphatic rings. The zero-order valence-corrected chi connectivity index (χ0v) is 20.4. The van der Waals surface area contributed by atoms with Gasteiger partial charge in [0.2, 0.25) is 0 Å². The Labute approximate surface area is 193 Å². The van der Waals surface area contributed by atoms with E-state index >= 15 is 0 Å². The number of hydrogen-bond donors (Lipinski definition) is 0. The van der Waals surface area contributed by atoms with E-state index in [9.17, 15) is 14.9 Å². The quantitative estimate of drug-likeness (QED) is 0.480. The SMILES string of the molecule is CCCn1c(N2CCCCCC2)c(/C=C2/SC(=S)N(C(C)C)C2=O)c(C)c(C#N)c1=O. The molecule has 1 aromatic heterocycles. The molecule has 0 spiro atoms. The van der Waals surface area contributed by atoms with Crippen LogP contribution in [0.1, 0.15) is 69.6 Å². The number of carbonyl (C=O) groups excluding carboxylic acids is 1. The molecule has 166 valence electrons. The van der Waals surface area contributed by atoms with Gasteiger partial charge in [0.05, 0.1) is 4.91 Å². The summed E-state index contributed by atoms with van der Waals surface area (Å²) in [7, 11) is 0. The Morgan fingerprint density at radius 3 is 2.35 bits per heavy atom. The molecule has 0 aromatic carbocycles. The van der Waals surface area contributed by atoms with E-state index in [1.165, 1.54) is 24.6 Å². The van der Waals surface area contributed by atoms with Gasteiger partial charge < -0.3 is 4.90 Å². The molecule has 0 saturated carbocycles. The fraction of sp³-hybridized carbons (Fsp3) is 0.565. The number of pyridine rings is 1. The van der Waals surface area contributed by atoms with Crippen molar-refractivity contribution in [3.8, 4) is 6.07 Å². The Balaban J connectivity index is 2.26. The molecule has 8 heteroatoms. The summed E-state index contributed by atoms with van der Waals surface area (Å²) in [4.78, 5) is 30.7. The number of thiocarbonyl (C=S) groups is 1. The summed E-state index contributed by atoms with van der Waals surface area (Å²) in [5.41, 5.74) is 1.33. The summed E-state index contributed by atoms with van der Waals surface area (Å²) in [5.74, 6) is 0.720. The molecular weight excluding hydrogens is 428 g/mol. The van der Waals surface area contributed by atoms with E-state index in [0.29, 0.717) is 21.3 Å². The molecule has 1 amide bonds. The van der Waals surface area contributed by atoms with Gasteiger partial charge in [-0.1, -0.05) is 43.7 Å². The molecule has 3 rings (SSSR count). The molecule has 2 fully saturated rings.